The molecular formula is C11H7BrF4N2O2. The third-order valence-electron chi connectivity index (χ3n) is 2.38. The fraction of sp³-hybridized carbons (Fsp3) is 0.273. The van der Waals surface area contributed by atoms with Crippen molar-refractivity contribution in [3.05, 3.63) is 33.9 Å². The van der Waals surface area contributed by atoms with Crippen molar-refractivity contribution in [3.8, 4) is 0 Å². The number of hydrogen-bond donors (Lipinski definition) is 0. The summed E-state index contributed by atoms with van der Waals surface area (Å²) >= 11 is 2.94. The number of aromatic nitrogens is 2. The second-order valence-electron chi connectivity index (χ2n) is 3.73. The second-order valence-corrected chi connectivity index (χ2v) is 4.64. The fourth-order valence-electron chi connectivity index (χ4n) is 1.67. The average molecular weight is 355 g/mol. The smallest absolute Gasteiger partial charge is 0.435 e. The van der Waals surface area contributed by atoms with E-state index in [0.717, 1.165) is 16.7 Å². The molecule has 0 N–H and O–H groups in total. The van der Waals surface area contributed by atoms with Crippen molar-refractivity contribution in [1.29, 1.82) is 0 Å². The number of rotatable bonds is 2. The molecule has 0 radical (unpaired) electrons. The van der Waals surface area contributed by atoms with Gasteiger partial charge in [-0.3, -0.25) is 4.40 Å². The maximum Gasteiger partial charge on any atom is 0.435 e. The van der Waals surface area contributed by atoms with E-state index in [1.54, 1.807) is 0 Å². The molecule has 0 aromatic carbocycles. The Bertz CT molecular complexity index is 681. The molecule has 0 unspecified atom stereocenters. The van der Waals surface area contributed by atoms with Gasteiger partial charge < -0.3 is 4.74 Å². The Hall–Kier alpha value is -1.64. The highest BCUT2D eigenvalue weighted by Crippen LogP contribution is 2.33. The van der Waals surface area contributed by atoms with Crippen LogP contribution in [0.3, 0.4) is 0 Å². The molecule has 9 heteroatoms. The van der Waals surface area contributed by atoms with Crippen molar-refractivity contribution in [2.45, 2.75) is 13.1 Å². The lowest BCUT2D eigenvalue weighted by molar-refractivity contribution is -0.141. The third-order valence-corrected chi connectivity index (χ3v) is 2.81. The number of hydrogen-bond acceptors (Lipinski definition) is 3. The summed E-state index contributed by atoms with van der Waals surface area (Å²) in [6.45, 7) is 1.34. The minimum absolute atomic E-state index is 0.111. The van der Waals surface area contributed by atoms with Crippen LogP contribution in [0.2, 0.25) is 0 Å². The van der Waals surface area contributed by atoms with Crippen molar-refractivity contribution in [1.82, 2.24) is 9.38 Å². The molecular weight excluding hydrogens is 348 g/mol. The van der Waals surface area contributed by atoms with E-state index in [2.05, 4.69) is 25.7 Å². The number of imidazole rings is 1. The van der Waals surface area contributed by atoms with Gasteiger partial charge in [0.2, 0.25) is 0 Å². The number of fused-ring (bicyclic) bond motifs is 1. The Labute approximate surface area is 118 Å². The van der Waals surface area contributed by atoms with Crippen LogP contribution in [0.5, 0.6) is 0 Å². The van der Waals surface area contributed by atoms with Gasteiger partial charge in [-0.25, -0.2) is 14.2 Å². The first kappa shape index (κ1) is 14.8. The van der Waals surface area contributed by atoms with Crippen molar-refractivity contribution < 1.29 is 27.1 Å². The fourth-order valence-corrected chi connectivity index (χ4v) is 2.07. The number of ether oxygens (including phenoxy) is 1. The molecule has 0 saturated heterocycles. The molecule has 0 amide bonds. The Morgan fingerprint density at radius 2 is 2.15 bits per heavy atom. The molecule has 0 fully saturated rings. The highest BCUT2D eigenvalue weighted by atomic mass is 79.9. The molecule has 0 spiro atoms. The SMILES string of the molecule is CCOC(=O)c1c(C(F)(F)F)nc2c(F)cc(Br)cn12. The summed E-state index contributed by atoms with van der Waals surface area (Å²) in [4.78, 5) is 14.9. The van der Waals surface area contributed by atoms with Gasteiger partial charge in [-0.2, -0.15) is 13.2 Å². The number of alkyl halides is 3. The minimum Gasteiger partial charge on any atom is -0.461 e. The normalized spacial score (nSPS) is 11.9. The molecule has 2 rings (SSSR count). The first-order chi connectivity index (χ1) is 9.25. The lowest BCUT2D eigenvalue weighted by Gasteiger charge is -2.07. The zero-order valence-corrected chi connectivity index (χ0v) is 11.5. The molecule has 0 atom stereocenters. The van der Waals surface area contributed by atoms with Crippen LogP contribution in [0, 0.1) is 5.82 Å². The van der Waals surface area contributed by atoms with Gasteiger partial charge in [-0.15, -0.1) is 0 Å². The Morgan fingerprint density at radius 3 is 2.70 bits per heavy atom. The maximum atomic E-state index is 13.6. The van der Waals surface area contributed by atoms with E-state index in [0.29, 0.717) is 0 Å². The minimum atomic E-state index is -4.90. The molecule has 2 heterocycles. The molecule has 108 valence electrons. The largest absolute Gasteiger partial charge is 0.461 e. The highest BCUT2D eigenvalue weighted by molar-refractivity contribution is 9.10. The Morgan fingerprint density at radius 1 is 1.50 bits per heavy atom. The van der Waals surface area contributed by atoms with E-state index in [9.17, 15) is 22.4 Å². The van der Waals surface area contributed by atoms with Crippen LogP contribution in [0.15, 0.2) is 16.7 Å². The van der Waals surface area contributed by atoms with Crippen LogP contribution in [0.1, 0.15) is 23.1 Å². The summed E-state index contributed by atoms with van der Waals surface area (Å²) in [5.74, 6) is -2.20. The first-order valence-electron chi connectivity index (χ1n) is 5.37. The van der Waals surface area contributed by atoms with Gasteiger partial charge in [0.05, 0.1) is 6.61 Å². The van der Waals surface area contributed by atoms with Crippen LogP contribution in [-0.4, -0.2) is 22.0 Å². The predicted molar refractivity (Wildman–Crippen MR) is 63.8 cm³/mol. The molecule has 4 nitrogen and oxygen atoms in total. The lowest BCUT2D eigenvalue weighted by Crippen LogP contribution is -2.16. The summed E-state index contributed by atoms with van der Waals surface area (Å²) in [6, 6.07) is 0.956. The van der Waals surface area contributed by atoms with Crippen LogP contribution in [0.25, 0.3) is 5.65 Å². The summed E-state index contributed by atoms with van der Waals surface area (Å²) < 4.78 is 57.8. The van der Waals surface area contributed by atoms with E-state index < -0.39 is 35.0 Å². The van der Waals surface area contributed by atoms with Crippen molar-refractivity contribution in [2.75, 3.05) is 6.61 Å². The van der Waals surface area contributed by atoms with E-state index in [1.165, 1.54) is 6.92 Å². The molecule has 0 aliphatic carbocycles. The first-order valence-corrected chi connectivity index (χ1v) is 6.16. The molecule has 2 aromatic rings. The number of pyridine rings is 1. The zero-order chi connectivity index (χ0) is 15.1. The molecule has 0 aliphatic rings. The number of halogens is 5. The number of carbonyl (C=O) groups excluding carboxylic acids is 1. The van der Waals surface area contributed by atoms with E-state index in [1.807, 2.05) is 0 Å². The molecule has 0 bridgehead atoms. The summed E-state index contributed by atoms with van der Waals surface area (Å²) in [5, 5.41) is 0. The Kier molecular flexibility index (Phi) is 3.72. The van der Waals surface area contributed by atoms with Gasteiger partial charge in [-0.05, 0) is 28.9 Å². The summed E-state index contributed by atoms with van der Waals surface area (Å²) in [7, 11) is 0. The van der Waals surface area contributed by atoms with Gasteiger partial charge in [0.1, 0.15) is 0 Å². The number of esters is 1. The standard InChI is InChI=1S/C11H7BrF4N2O2/c1-2-20-10(19)7-8(11(14,15)16)17-9-6(13)3-5(12)4-18(7)9/h3-4H,2H2,1H3. The molecule has 20 heavy (non-hydrogen) atoms. The van der Waals surface area contributed by atoms with Gasteiger partial charge in [-0.1, -0.05) is 0 Å². The Balaban J connectivity index is 2.82. The average Bonchev–Trinajstić information content (AvgIpc) is 2.68. The highest BCUT2D eigenvalue weighted by Gasteiger charge is 2.41. The van der Waals surface area contributed by atoms with Gasteiger partial charge >= 0.3 is 12.1 Å². The zero-order valence-electron chi connectivity index (χ0n) is 9.96. The quantitative estimate of drug-likeness (QED) is 0.613. The van der Waals surface area contributed by atoms with Crippen LogP contribution >= 0.6 is 15.9 Å². The van der Waals surface area contributed by atoms with E-state index in [4.69, 9.17) is 0 Å². The lowest BCUT2D eigenvalue weighted by atomic mass is 10.3. The number of carbonyl (C=O) groups is 1. The molecule has 2 aromatic heterocycles. The number of nitrogens with zero attached hydrogens (tertiary/aromatic N) is 2. The van der Waals surface area contributed by atoms with Crippen molar-refractivity contribution in [3.63, 3.8) is 0 Å². The third kappa shape index (κ3) is 2.49. The second kappa shape index (κ2) is 5.04. The maximum absolute atomic E-state index is 13.6. The van der Waals surface area contributed by atoms with Crippen LogP contribution in [-0.2, 0) is 10.9 Å². The van der Waals surface area contributed by atoms with Crippen LogP contribution < -0.4 is 0 Å². The molecule has 0 aliphatic heterocycles. The summed E-state index contributed by atoms with van der Waals surface area (Å²) in [5.41, 5.74) is -2.92. The van der Waals surface area contributed by atoms with E-state index in [-0.39, 0.29) is 11.1 Å². The topological polar surface area (TPSA) is 43.6 Å². The van der Waals surface area contributed by atoms with Gasteiger partial charge in [0.15, 0.2) is 22.9 Å². The molecule has 0 saturated carbocycles. The monoisotopic (exact) mass is 354 g/mol. The van der Waals surface area contributed by atoms with Crippen molar-refractivity contribution >= 4 is 27.5 Å². The van der Waals surface area contributed by atoms with Gasteiger partial charge in [0.25, 0.3) is 0 Å². The predicted octanol–water partition coefficient (Wildman–Crippen LogP) is 3.43. The summed E-state index contributed by atoms with van der Waals surface area (Å²) in [6.07, 6.45) is -3.78. The van der Waals surface area contributed by atoms with E-state index >= 15 is 0 Å². The van der Waals surface area contributed by atoms with Crippen LogP contribution in [0.4, 0.5) is 17.6 Å². The van der Waals surface area contributed by atoms with Gasteiger partial charge in [0, 0.05) is 10.7 Å². The van der Waals surface area contributed by atoms with Crippen molar-refractivity contribution in [2.24, 2.45) is 0 Å².